The van der Waals surface area contributed by atoms with Gasteiger partial charge in [-0.3, -0.25) is 4.79 Å². The van der Waals surface area contributed by atoms with Gasteiger partial charge in [-0.15, -0.1) is 5.69 Å². The van der Waals surface area contributed by atoms with Gasteiger partial charge in [0.2, 0.25) is 0 Å². The van der Waals surface area contributed by atoms with Crippen LogP contribution in [-0.2, 0) is 22.7 Å². The van der Waals surface area contributed by atoms with E-state index < -0.39 is 27.7 Å². The molecule has 0 atom stereocenters. The van der Waals surface area contributed by atoms with Gasteiger partial charge in [-0.1, -0.05) is 36.4 Å². The van der Waals surface area contributed by atoms with Gasteiger partial charge in [-0.2, -0.15) is 13.2 Å². The maximum atomic E-state index is 12.8. The lowest BCUT2D eigenvalue weighted by Crippen LogP contribution is -2.26. The van der Waals surface area contributed by atoms with Crippen LogP contribution in [0.3, 0.4) is 0 Å². The minimum absolute atomic E-state index is 0.0752. The summed E-state index contributed by atoms with van der Waals surface area (Å²) in [4.78, 5) is 15.0. The van der Waals surface area contributed by atoms with Crippen molar-refractivity contribution in [1.82, 2.24) is 5.32 Å². The molecule has 0 aliphatic carbocycles. The van der Waals surface area contributed by atoms with E-state index >= 15 is 0 Å². The first-order valence-corrected chi connectivity index (χ1v) is 10.1. The third kappa shape index (κ3) is 5.35. The number of aromatic amines is 1. The van der Waals surface area contributed by atoms with Crippen molar-refractivity contribution in [3.8, 4) is 0 Å². The molecule has 3 aromatic rings. The summed E-state index contributed by atoms with van der Waals surface area (Å²) < 4.78 is 67.0. The van der Waals surface area contributed by atoms with Crippen molar-refractivity contribution >= 4 is 21.6 Å². The number of alkyl halides is 3. The highest BCUT2D eigenvalue weighted by molar-refractivity contribution is 7.94. The standard InChI is InChI=1S/C20H15F3N3O3S/c21-20(22,23)15-6-4-8-16(12-15)26-30(28,29)18-9-3-5-14(11-18)19(27)25-13-17-7-1-2-10-24-17/h1-12H,13H2,(H,25,27)/q-1/p+1. The Kier molecular flexibility index (Phi) is 6.06. The zero-order chi connectivity index (χ0) is 21.8. The van der Waals surface area contributed by atoms with Gasteiger partial charge < -0.3 is 10.0 Å². The molecular formula is C20H16F3N3O3S. The molecule has 10 heteroatoms. The van der Waals surface area contributed by atoms with Gasteiger partial charge in [0.15, 0.2) is 11.9 Å². The number of benzene rings is 2. The molecule has 2 N–H and O–H groups in total. The first-order valence-electron chi connectivity index (χ1n) is 8.64. The monoisotopic (exact) mass is 435 g/mol. The van der Waals surface area contributed by atoms with E-state index in [2.05, 4.69) is 15.0 Å². The molecule has 0 radical (unpaired) electrons. The highest BCUT2D eigenvalue weighted by Gasteiger charge is 2.29. The number of hydrogen-bond acceptors (Lipinski definition) is 3. The zero-order valence-corrected chi connectivity index (χ0v) is 16.2. The highest BCUT2D eigenvalue weighted by atomic mass is 32.2. The van der Waals surface area contributed by atoms with Crippen molar-refractivity contribution < 1.29 is 31.4 Å². The van der Waals surface area contributed by atoms with Crippen molar-refractivity contribution in [3.05, 3.63) is 94.5 Å². The Bertz CT molecular complexity index is 1150. The van der Waals surface area contributed by atoms with Crippen molar-refractivity contribution in [3.63, 3.8) is 0 Å². The molecule has 30 heavy (non-hydrogen) atoms. The Labute approximate surface area is 170 Å². The molecule has 1 aromatic heterocycles. The summed E-state index contributed by atoms with van der Waals surface area (Å²) in [5.74, 6) is -0.511. The number of aromatic nitrogens is 1. The van der Waals surface area contributed by atoms with Gasteiger partial charge in [0, 0.05) is 17.7 Å². The topological polar surface area (TPSA) is 91.5 Å². The number of sulfonamides is 1. The number of carbonyl (C=O) groups excluding carboxylic acids is 1. The van der Waals surface area contributed by atoms with Crippen LogP contribution in [0.2, 0.25) is 0 Å². The Morgan fingerprint density at radius 2 is 1.77 bits per heavy atom. The summed E-state index contributed by atoms with van der Waals surface area (Å²) in [6.45, 7) is 0.200. The smallest absolute Gasteiger partial charge is 0.416 e. The lowest BCUT2D eigenvalue weighted by atomic mass is 10.2. The lowest BCUT2D eigenvalue weighted by Gasteiger charge is -2.23. The SMILES string of the molecule is O=C(NCc1cccc[nH+]1)c1cccc(S(=O)(=O)[N-]c2cccc(C(F)(F)F)c2)c1. The number of rotatable bonds is 6. The molecular weight excluding hydrogens is 419 g/mol. The van der Waals surface area contributed by atoms with Crippen molar-refractivity contribution in [2.24, 2.45) is 0 Å². The number of H-pyrrole nitrogens is 1. The fourth-order valence-electron chi connectivity index (χ4n) is 2.55. The molecule has 3 rings (SSSR count). The summed E-state index contributed by atoms with van der Waals surface area (Å²) in [6, 6.07) is 14.2. The van der Waals surface area contributed by atoms with E-state index in [4.69, 9.17) is 0 Å². The number of hydrogen-bond donors (Lipinski definition) is 1. The number of nitrogens with zero attached hydrogens (tertiary/aromatic N) is 1. The highest BCUT2D eigenvalue weighted by Crippen LogP contribution is 2.34. The summed E-state index contributed by atoms with van der Waals surface area (Å²) in [6.07, 6.45) is -2.92. The van der Waals surface area contributed by atoms with Gasteiger partial charge in [0.25, 0.3) is 5.91 Å². The van der Waals surface area contributed by atoms with Crippen LogP contribution in [0.5, 0.6) is 0 Å². The maximum absolute atomic E-state index is 12.8. The summed E-state index contributed by atoms with van der Waals surface area (Å²) in [5, 5.41) is 2.65. The third-order valence-electron chi connectivity index (χ3n) is 4.01. The van der Waals surface area contributed by atoms with E-state index in [0.717, 1.165) is 30.0 Å². The second kappa shape index (κ2) is 8.54. The summed E-state index contributed by atoms with van der Waals surface area (Å²) >= 11 is 0. The Morgan fingerprint density at radius 1 is 1.00 bits per heavy atom. The van der Waals surface area contributed by atoms with Crippen molar-refractivity contribution in [2.75, 3.05) is 0 Å². The number of amides is 1. The number of halogens is 3. The van der Waals surface area contributed by atoms with Crippen LogP contribution < -0.4 is 10.3 Å². The average Bonchev–Trinajstić information content (AvgIpc) is 2.72. The first-order chi connectivity index (χ1) is 14.1. The number of nitrogens with one attached hydrogen (secondary N) is 2. The van der Waals surface area contributed by atoms with Crippen molar-refractivity contribution in [1.29, 1.82) is 0 Å². The molecule has 156 valence electrons. The molecule has 0 aliphatic rings. The van der Waals surface area contributed by atoms with Crippen LogP contribution in [0.1, 0.15) is 21.6 Å². The minimum atomic E-state index is -4.62. The Hall–Kier alpha value is -3.40. The van der Waals surface area contributed by atoms with E-state index in [-0.39, 0.29) is 22.7 Å². The van der Waals surface area contributed by atoms with Crippen LogP contribution in [0, 0.1) is 0 Å². The average molecular weight is 435 g/mol. The van der Waals surface area contributed by atoms with Gasteiger partial charge in [0.05, 0.1) is 10.5 Å². The van der Waals surface area contributed by atoms with Gasteiger partial charge in [-0.25, -0.2) is 13.4 Å². The summed E-state index contributed by atoms with van der Waals surface area (Å²) in [5.41, 5.74) is -0.551. The van der Waals surface area contributed by atoms with E-state index in [1.807, 2.05) is 0 Å². The fraction of sp³-hybridized carbons (Fsp3) is 0.100. The van der Waals surface area contributed by atoms with Crippen LogP contribution in [0.25, 0.3) is 4.72 Å². The predicted molar refractivity (Wildman–Crippen MR) is 102 cm³/mol. The van der Waals surface area contributed by atoms with E-state index in [1.54, 1.807) is 24.4 Å². The quantitative estimate of drug-likeness (QED) is 0.638. The second-order valence-corrected chi connectivity index (χ2v) is 7.82. The molecule has 0 fully saturated rings. The van der Waals surface area contributed by atoms with E-state index in [0.29, 0.717) is 6.07 Å². The number of carbonyl (C=O) groups is 1. The zero-order valence-electron chi connectivity index (χ0n) is 15.3. The molecule has 2 aromatic carbocycles. The minimum Gasteiger partial charge on any atom is -0.573 e. The molecule has 0 unspecified atom stereocenters. The lowest BCUT2D eigenvalue weighted by molar-refractivity contribution is -0.390. The fourth-order valence-corrected chi connectivity index (χ4v) is 3.57. The first kappa shape index (κ1) is 21.3. The van der Waals surface area contributed by atoms with E-state index in [1.165, 1.54) is 18.2 Å². The molecule has 1 heterocycles. The van der Waals surface area contributed by atoms with Crippen LogP contribution in [0.4, 0.5) is 18.9 Å². The molecule has 0 saturated heterocycles. The second-order valence-electron chi connectivity index (χ2n) is 6.21. The van der Waals surface area contributed by atoms with E-state index in [9.17, 15) is 26.4 Å². The molecule has 0 aliphatic heterocycles. The van der Waals surface area contributed by atoms with Gasteiger partial charge >= 0.3 is 6.18 Å². The third-order valence-corrected chi connectivity index (χ3v) is 5.31. The molecule has 6 nitrogen and oxygen atoms in total. The number of pyridine rings is 1. The molecule has 1 amide bonds. The normalized spacial score (nSPS) is 11.7. The van der Waals surface area contributed by atoms with Gasteiger partial charge in [0.1, 0.15) is 16.6 Å². The predicted octanol–water partition coefficient (Wildman–Crippen LogP) is 3.84. The molecule has 0 spiro atoms. The van der Waals surface area contributed by atoms with Crippen LogP contribution >= 0.6 is 0 Å². The maximum Gasteiger partial charge on any atom is 0.416 e. The summed E-state index contributed by atoms with van der Waals surface area (Å²) in [7, 11) is -4.33. The van der Waals surface area contributed by atoms with Gasteiger partial charge in [-0.05, 0) is 18.2 Å². The Balaban J connectivity index is 1.76. The Morgan fingerprint density at radius 3 is 2.47 bits per heavy atom. The molecule has 0 bridgehead atoms. The largest absolute Gasteiger partial charge is 0.573 e. The molecule has 0 saturated carbocycles. The van der Waals surface area contributed by atoms with Crippen LogP contribution in [-0.4, -0.2) is 14.3 Å². The van der Waals surface area contributed by atoms with Crippen LogP contribution in [0.15, 0.2) is 77.8 Å². The van der Waals surface area contributed by atoms with Crippen molar-refractivity contribution in [2.45, 2.75) is 17.6 Å².